The molecular weight excluding hydrogens is 388 g/mol. The average molecular weight is 413 g/mol. The smallest absolute Gasteiger partial charge is 0.269 e. The number of rotatable bonds is 4. The zero-order chi connectivity index (χ0) is 20.2. The van der Waals surface area contributed by atoms with E-state index in [0.717, 1.165) is 42.9 Å². The molecule has 1 aromatic carbocycles. The van der Waals surface area contributed by atoms with E-state index in [9.17, 15) is 8.42 Å². The fourth-order valence-electron chi connectivity index (χ4n) is 4.40. The molecule has 5 rings (SSSR count). The molecule has 8 nitrogen and oxygen atoms in total. The lowest BCUT2D eigenvalue weighted by Gasteiger charge is -2.30. The molecule has 1 N–H and O–H groups in total. The summed E-state index contributed by atoms with van der Waals surface area (Å²) in [5, 5.41) is 8.52. The predicted octanol–water partition coefficient (Wildman–Crippen LogP) is 1.48. The number of nitrogens with zero attached hydrogens (tertiary/aromatic N) is 5. The van der Waals surface area contributed by atoms with Gasteiger partial charge in [0.05, 0.1) is 10.3 Å². The van der Waals surface area contributed by atoms with Crippen molar-refractivity contribution in [1.82, 2.24) is 24.3 Å². The number of hydrogen-bond acceptors (Lipinski definition) is 7. The molecule has 2 aliphatic rings. The van der Waals surface area contributed by atoms with Gasteiger partial charge in [0.15, 0.2) is 11.5 Å². The van der Waals surface area contributed by atoms with Gasteiger partial charge >= 0.3 is 0 Å². The topological polar surface area (TPSA) is 83.4 Å². The standard InChI is InChI=1S/C20H24N6O2S/c1-14-3-5-17(6-4-14)29(27,28)26-8-7-18-19(22-13-23-20(18)26)24(2)25-11-15-9-21-10-16(15)12-25/h3-8,13,15-16,21H,9-12H2,1-2H3. The Labute approximate surface area is 170 Å². The van der Waals surface area contributed by atoms with E-state index in [1.165, 1.54) is 10.3 Å². The van der Waals surface area contributed by atoms with Crippen LogP contribution in [0.2, 0.25) is 0 Å². The SMILES string of the molecule is Cc1ccc(S(=O)(=O)n2ccc3c(N(C)N4CC5CNCC5C4)ncnc32)cc1. The van der Waals surface area contributed by atoms with Crippen LogP contribution < -0.4 is 10.3 Å². The van der Waals surface area contributed by atoms with Crippen molar-refractivity contribution in [1.29, 1.82) is 0 Å². The van der Waals surface area contributed by atoms with Crippen LogP contribution in [0.4, 0.5) is 5.82 Å². The second-order valence-electron chi connectivity index (χ2n) is 7.94. The van der Waals surface area contributed by atoms with Gasteiger partial charge in [-0.25, -0.2) is 27.4 Å². The lowest BCUT2D eigenvalue weighted by Crippen LogP contribution is -2.40. The van der Waals surface area contributed by atoms with Crippen LogP contribution in [-0.2, 0) is 10.0 Å². The minimum absolute atomic E-state index is 0.244. The van der Waals surface area contributed by atoms with E-state index in [1.54, 1.807) is 36.5 Å². The maximum absolute atomic E-state index is 13.2. The Morgan fingerprint density at radius 3 is 2.45 bits per heavy atom. The van der Waals surface area contributed by atoms with Gasteiger partial charge in [-0.3, -0.25) is 5.01 Å². The van der Waals surface area contributed by atoms with Crippen LogP contribution >= 0.6 is 0 Å². The van der Waals surface area contributed by atoms with E-state index in [2.05, 4.69) is 20.3 Å². The minimum Gasteiger partial charge on any atom is -0.316 e. The molecule has 2 saturated heterocycles. The molecule has 0 spiro atoms. The minimum atomic E-state index is -3.73. The maximum atomic E-state index is 13.2. The van der Waals surface area contributed by atoms with Gasteiger partial charge in [0.1, 0.15) is 6.33 Å². The number of benzene rings is 1. The van der Waals surface area contributed by atoms with Crippen LogP contribution in [0.5, 0.6) is 0 Å². The molecule has 29 heavy (non-hydrogen) atoms. The van der Waals surface area contributed by atoms with E-state index in [-0.39, 0.29) is 4.90 Å². The van der Waals surface area contributed by atoms with Gasteiger partial charge in [-0.15, -0.1) is 0 Å². The monoisotopic (exact) mass is 412 g/mol. The second-order valence-corrected chi connectivity index (χ2v) is 9.75. The summed E-state index contributed by atoms with van der Waals surface area (Å²) in [5.74, 6) is 2.03. The molecule has 9 heteroatoms. The number of hydrazine groups is 1. The zero-order valence-corrected chi connectivity index (χ0v) is 17.3. The third-order valence-corrected chi connectivity index (χ3v) is 7.79. The van der Waals surface area contributed by atoms with Crippen LogP contribution in [0.15, 0.2) is 47.8 Å². The fraction of sp³-hybridized carbons (Fsp3) is 0.400. The Hall–Kier alpha value is -2.49. The van der Waals surface area contributed by atoms with Gasteiger partial charge in [0, 0.05) is 26.3 Å². The van der Waals surface area contributed by atoms with Crippen molar-refractivity contribution in [2.45, 2.75) is 11.8 Å². The third-order valence-electron chi connectivity index (χ3n) is 6.11. The lowest BCUT2D eigenvalue weighted by atomic mass is 10.0. The quantitative estimate of drug-likeness (QED) is 0.695. The Morgan fingerprint density at radius 2 is 1.76 bits per heavy atom. The molecule has 2 fully saturated rings. The molecule has 0 radical (unpaired) electrons. The summed E-state index contributed by atoms with van der Waals surface area (Å²) in [6, 6.07) is 8.63. The van der Waals surface area contributed by atoms with Gasteiger partial charge in [0.2, 0.25) is 0 Å². The first-order valence-electron chi connectivity index (χ1n) is 9.79. The van der Waals surface area contributed by atoms with E-state index in [1.807, 2.05) is 19.0 Å². The fourth-order valence-corrected chi connectivity index (χ4v) is 5.70. The molecular formula is C20H24N6O2S. The second kappa shape index (κ2) is 6.79. The van der Waals surface area contributed by atoms with E-state index in [0.29, 0.717) is 17.5 Å². The maximum Gasteiger partial charge on any atom is 0.269 e. The molecule has 0 saturated carbocycles. The number of aryl methyl sites for hydroxylation is 1. The molecule has 2 atom stereocenters. The van der Waals surface area contributed by atoms with Gasteiger partial charge in [-0.05, 0) is 50.0 Å². The number of anilines is 1. The number of aromatic nitrogens is 3. The van der Waals surface area contributed by atoms with Crippen molar-refractivity contribution in [3.63, 3.8) is 0 Å². The normalized spacial score (nSPS) is 22.3. The first-order chi connectivity index (χ1) is 13.9. The van der Waals surface area contributed by atoms with Gasteiger partial charge in [-0.1, -0.05) is 17.7 Å². The Bertz CT molecular complexity index is 1150. The van der Waals surface area contributed by atoms with E-state index in [4.69, 9.17) is 0 Å². The summed E-state index contributed by atoms with van der Waals surface area (Å²) in [6.07, 6.45) is 3.00. The van der Waals surface area contributed by atoms with Crippen molar-refractivity contribution in [2.75, 3.05) is 38.2 Å². The van der Waals surface area contributed by atoms with Crippen LogP contribution in [0.1, 0.15) is 5.56 Å². The van der Waals surface area contributed by atoms with Gasteiger partial charge in [0.25, 0.3) is 10.0 Å². The van der Waals surface area contributed by atoms with Gasteiger partial charge in [-0.2, -0.15) is 0 Å². The summed E-state index contributed by atoms with van der Waals surface area (Å²) in [5.41, 5.74) is 1.40. The molecule has 4 heterocycles. The Kier molecular flexibility index (Phi) is 4.34. The lowest BCUT2D eigenvalue weighted by molar-refractivity contribution is 0.302. The zero-order valence-electron chi connectivity index (χ0n) is 16.5. The van der Waals surface area contributed by atoms with Crippen molar-refractivity contribution < 1.29 is 8.42 Å². The first kappa shape index (κ1) is 18.5. The van der Waals surface area contributed by atoms with Crippen LogP contribution in [0.3, 0.4) is 0 Å². The van der Waals surface area contributed by atoms with Crippen LogP contribution in [0.25, 0.3) is 11.0 Å². The highest BCUT2D eigenvalue weighted by molar-refractivity contribution is 7.90. The summed E-state index contributed by atoms with van der Waals surface area (Å²) in [4.78, 5) is 9.01. The highest BCUT2D eigenvalue weighted by Gasteiger charge is 2.38. The summed E-state index contributed by atoms with van der Waals surface area (Å²) < 4.78 is 27.6. The van der Waals surface area contributed by atoms with Gasteiger partial charge < -0.3 is 5.32 Å². The third kappa shape index (κ3) is 3.00. The van der Waals surface area contributed by atoms with Crippen LogP contribution in [-0.4, -0.2) is 60.6 Å². The summed E-state index contributed by atoms with van der Waals surface area (Å²) in [6.45, 7) is 5.99. The molecule has 2 aromatic heterocycles. The Morgan fingerprint density at radius 1 is 1.07 bits per heavy atom. The molecule has 3 aromatic rings. The Balaban J connectivity index is 1.52. The largest absolute Gasteiger partial charge is 0.316 e. The number of fused-ring (bicyclic) bond motifs is 2. The first-order valence-corrected chi connectivity index (χ1v) is 11.2. The van der Waals surface area contributed by atoms with Crippen molar-refractivity contribution in [3.05, 3.63) is 48.4 Å². The van der Waals surface area contributed by atoms with E-state index >= 15 is 0 Å². The van der Waals surface area contributed by atoms with Crippen molar-refractivity contribution >= 4 is 26.9 Å². The molecule has 2 unspecified atom stereocenters. The molecule has 0 amide bonds. The highest BCUT2D eigenvalue weighted by atomic mass is 32.2. The summed E-state index contributed by atoms with van der Waals surface area (Å²) in [7, 11) is -1.74. The van der Waals surface area contributed by atoms with E-state index < -0.39 is 10.0 Å². The van der Waals surface area contributed by atoms with Crippen molar-refractivity contribution in [2.24, 2.45) is 11.8 Å². The van der Waals surface area contributed by atoms with Crippen molar-refractivity contribution in [3.8, 4) is 0 Å². The highest BCUT2D eigenvalue weighted by Crippen LogP contribution is 2.32. The predicted molar refractivity (Wildman–Crippen MR) is 111 cm³/mol. The average Bonchev–Trinajstić information content (AvgIpc) is 3.41. The molecule has 0 aliphatic carbocycles. The number of nitrogens with one attached hydrogen (secondary N) is 1. The molecule has 0 bridgehead atoms. The summed E-state index contributed by atoms with van der Waals surface area (Å²) >= 11 is 0. The van der Waals surface area contributed by atoms with Crippen LogP contribution in [0, 0.1) is 18.8 Å². The molecule has 2 aliphatic heterocycles. The molecule has 152 valence electrons. The number of hydrogen-bond donors (Lipinski definition) is 1.